The number of sulfone groups is 1. The standard InChI is InChI=1S/C13H18N2O5S/c1-3-20-13(17)11-8(2)14-6-10(11)15-12(16)9-4-5-21(18,19)7-9/h6,9,14H,3-5,7H2,1-2H3,(H,15,16). The van der Waals surface area contributed by atoms with Gasteiger partial charge in [-0.1, -0.05) is 0 Å². The zero-order valence-electron chi connectivity index (χ0n) is 11.9. The molecule has 1 unspecified atom stereocenters. The van der Waals surface area contributed by atoms with Gasteiger partial charge in [-0.15, -0.1) is 0 Å². The summed E-state index contributed by atoms with van der Waals surface area (Å²) in [6.07, 6.45) is 1.81. The van der Waals surface area contributed by atoms with E-state index in [-0.39, 0.29) is 29.6 Å². The molecule has 0 radical (unpaired) electrons. The molecule has 2 N–H and O–H groups in total. The minimum Gasteiger partial charge on any atom is -0.462 e. The van der Waals surface area contributed by atoms with Gasteiger partial charge in [0.2, 0.25) is 5.91 Å². The van der Waals surface area contributed by atoms with E-state index < -0.39 is 21.7 Å². The maximum absolute atomic E-state index is 12.1. The number of aromatic amines is 1. The summed E-state index contributed by atoms with van der Waals surface area (Å²) in [6.45, 7) is 3.63. The van der Waals surface area contributed by atoms with Gasteiger partial charge in [0.1, 0.15) is 5.56 Å². The zero-order valence-corrected chi connectivity index (χ0v) is 12.7. The number of amides is 1. The van der Waals surface area contributed by atoms with Crippen LogP contribution in [-0.4, -0.2) is 43.4 Å². The first-order chi connectivity index (χ1) is 9.84. The lowest BCUT2D eigenvalue weighted by Gasteiger charge is -2.10. The third-order valence-electron chi connectivity index (χ3n) is 3.42. The van der Waals surface area contributed by atoms with Crippen LogP contribution in [0.15, 0.2) is 6.20 Å². The maximum atomic E-state index is 12.1. The van der Waals surface area contributed by atoms with Crippen LogP contribution in [-0.2, 0) is 19.4 Å². The lowest BCUT2D eigenvalue weighted by Crippen LogP contribution is -2.24. The van der Waals surface area contributed by atoms with Crippen molar-refractivity contribution in [2.75, 3.05) is 23.4 Å². The van der Waals surface area contributed by atoms with Crippen molar-refractivity contribution in [1.29, 1.82) is 0 Å². The number of nitrogens with one attached hydrogen (secondary N) is 2. The summed E-state index contributed by atoms with van der Waals surface area (Å²) in [5.74, 6) is -1.59. The molecule has 0 saturated carbocycles. The van der Waals surface area contributed by atoms with Crippen LogP contribution >= 0.6 is 0 Å². The van der Waals surface area contributed by atoms with Gasteiger partial charge in [0, 0.05) is 11.9 Å². The van der Waals surface area contributed by atoms with Gasteiger partial charge < -0.3 is 15.0 Å². The molecule has 1 saturated heterocycles. The van der Waals surface area contributed by atoms with Gasteiger partial charge in [0.05, 0.1) is 29.7 Å². The smallest absolute Gasteiger partial charge is 0.342 e. The average Bonchev–Trinajstić information content (AvgIpc) is 2.93. The Morgan fingerprint density at radius 1 is 1.48 bits per heavy atom. The molecule has 0 aliphatic carbocycles. The van der Waals surface area contributed by atoms with Gasteiger partial charge in [0.25, 0.3) is 0 Å². The second kappa shape index (κ2) is 5.88. The number of H-pyrrole nitrogens is 1. The monoisotopic (exact) mass is 314 g/mol. The number of carbonyl (C=O) groups is 2. The molecule has 7 nitrogen and oxygen atoms in total. The Morgan fingerprint density at radius 3 is 2.76 bits per heavy atom. The van der Waals surface area contributed by atoms with Crippen molar-refractivity contribution in [3.63, 3.8) is 0 Å². The lowest BCUT2D eigenvalue weighted by molar-refractivity contribution is -0.119. The molecule has 0 spiro atoms. The Morgan fingerprint density at radius 2 is 2.19 bits per heavy atom. The highest BCUT2D eigenvalue weighted by atomic mass is 32.2. The van der Waals surface area contributed by atoms with Gasteiger partial charge in [0.15, 0.2) is 9.84 Å². The van der Waals surface area contributed by atoms with Gasteiger partial charge in [-0.2, -0.15) is 0 Å². The third-order valence-corrected chi connectivity index (χ3v) is 5.19. The van der Waals surface area contributed by atoms with Crippen molar-refractivity contribution in [3.8, 4) is 0 Å². The number of anilines is 1. The van der Waals surface area contributed by atoms with E-state index in [9.17, 15) is 18.0 Å². The van der Waals surface area contributed by atoms with Crippen LogP contribution < -0.4 is 5.32 Å². The van der Waals surface area contributed by atoms with Crippen molar-refractivity contribution < 1.29 is 22.7 Å². The predicted molar refractivity (Wildman–Crippen MR) is 76.9 cm³/mol. The molecular weight excluding hydrogens is 296 g/mol. The van der Waals surface area contributed by atoms with E-state index >= 15 is 0 Å². The van der Waals surface area contributed by atoms with Crippen LogP contribution in [0.25, 0.3) is 0 Å². The average molecular weight is 314 g/mol. The Balaban J connectivity index is 2.13. The Kier molecular flexibility index (Phi) is 4.36. The van der Waals surface area contributed by atoms with Crippen molar-refractivity contribution in [2.24, 2.45) is 5.92 Å². The number of hydrogen-bond acceptors (Lipinski definition) is 5. The van der Waals surface area contributed by atoms with Gasteiger partial charge in [-0.05, 0) is 20.3 Å². The van der Waals surface area contributed by atoms with Crippen LogP contribution in [0.4, 0.5) is 5.69 Å². The summed E-state index contributed by atoms with van der Waals surface area (Å²) in [6, 6.07) is 0. The van der Waals surface area contributed by atoms with Crippen LogP contribution in [0, 0.1) is 12.8 Å². The number of aromatic nitrogens is 1. The second-order valence-electron chi connectivity index (χ2n) is 5.01. The van der Waals surface area contributed by atoms with E-state index in [1.807, 2.05) is 0 Å². The highest BCUT2D eigenvalue weighted by Crippen LogP contribution is 2.24. The molecule has 1 aliphatic rings. The minimum absolute atomic E-state index is 0.0297. The molecule has 2 rings (SSSR count). The van der Waals surface area contributed by atoms with Crippen LogP contribution in [0.5, 0.6) is 0 Å². The summed E-state index contributed by atoms with van der Waals surface area (Å²) in [7, 11) is -3.12. The molecule has 21 heavy (non-hydrogen) atoms. The predicted octanol–water partition coefficient (Wildman–Crippen LogP) is 0.873. The fourth-order valence-electron chi connectivity index (χ4n) is 2.33. The second-order valence-corrected chi connectivity index (χ2v) is 7.24. The highest BCUT2D eigenvalue weighted by molar-refractivity contribution is 7.91. The Hall–Kier alpha value is -1.83. The number of rotatable bonds is 4. The van der Waals surface area contributed by atoms with E-state index in [2.05, 4.69) is 10.3 Å². The molecule has 1 aromatic heterocycles. The fraction of sp³-hybridized carbons (Fsp3) is 0.538. The van der Waals surface area contributed by atoms with Crippen molar-refractivity contribution in [1.82, 2.24) is 4.98 Å². The Labute approximate surface area is 123 Å². The fourth-order valence-corrected chi connectivity index (χ4v) is 4.07. The molecule has 0 bridgehead atoms. The van der Waals surface area contributed by atoms with Crippen molar-refractivity contribution in [2.45, 2.75) is 20.3 Å². The molecule has 1 aromatic rings. The SMILES string of the molecule is CCOC(=O)c1c(NC(=O)C2CCS(=O)(=O)C2)c[nH]c1C. The van der Waals surface area contributed by atoms with E-state index in [1.165, 1.54) is 6.20 Å². The van der Waals surface area contributed by atoms with E-state index in [4.69, 9.17) is 4.74 Å². The molecule has 2 heterocycles. The van der Waals surface area contributed by atoms with E-state index in [1.54, 1.807) is 13.8 Å². The van der Waals surface area contributed by atoms with Crippen LogP contribution in [0.1, 0.15) is 29.4 Å². The van der Waals surface area contributed by atoms with Crippen LogP contribution in [0.3, 0.4) is 0 Å². The Bertz CT molecular complexity index is 662. The molecule has 1 atom stereocenters. The van der Waals surface area contributed by atoms with Gasteiger partial charge in [-0.25, -0.2) is 13.2 Å². The van der Waals surface area contributed by atoms with Crippen molar-refractivity contribution in [3.05, 3.63) is 17.5 Å². The highest BCUT2D eigenvalue weighted by Gasteiger charge is 2.33. The summed E-state index contributed by atoms with van der Waals surface area (Å²) >= 11 is 0. The number of aryl methyl sites for hydroxylation is 1. The quantitative estimate of drug-likeness (QED) is 0.802. The first-order valence-corrected chi connectivity index (χ1v) is 8.52. The van der Waals surface area contributed by atoms with E-state index in [0.29, 0.717) is 17.8 Å². The molecule has 1 fully saturated rings. The normalized spacial score (nSPS) is 20.2. The molecular formula is C13H18N2O5S. The van der Waals surface area contributed by atoms with Gasteiger partial charge >= 0.3 is 5.97 Å². The summed E-state index contributed by atoms with van der Waals surface area (Å²) < 4.78 is 27.7. The molecule has 8 heteroatoms. The first kappa shape index (κ1) is 15.6. The first-order valence-electron chi connectivity index (χ1n) is 6.70. The summed E-state index contributed by atoms with van der Waals surface area (Å²) in [5.41, 5.74) is 1.18. The topological polar surface area (TPSA) is 105 Å². The summed E-state index contributed by atoms with van der Waals surface area (Å²) in [4.78, 5) is 26.8. The third kappa shape index (κ3) is 3.44. The summed E-state index contributed by atoms with van der Waals surface area (Å²) in [5, 5.41) is 2.61. The van der Waals surface area contributed by atoms with Crippen LogP contribution in [0.2, 0.25) is 0 Å². The molecule has 0 aromatic carbocycles. The molecule has 116 valence electrons. The lowest BCUT2D eigenvalue weighted by atomic mass is 10.1. The number of hydrogen-bond donors (Lipinski definition) is 2. The number of esters is 1. The number of ether oxygens (including phenoxy) is 1. The van der Waals surface area contributed by atoms with Gasteiger partial charge in [-0.3, -0.25) is 4.79 Å². The molecule has 1 amide bonds. The number of carbonyl (C=O) groups excluding carboxylic acids is 2. The van der Waals surface area contributed by atoms with Crippen molar-refractivity contribution >= 4 is 27.4 Å². The zero-order chi connectivity index (χ0) is 15.6. The minimum atomic E-state index is -3.12. The largest absolute Gasteiger partial charge is 0.462 e. The molecule has 1 aliphatic heterocycles. The maximum Gasteiger partial charge on any atom is 0.342 e. The van der Waals surface area contributed by atoms with E-state index in [0.717, 1.165) is 0 Å².